The van der Waals surface area contributed by atoms with Gasteiger partial charge in [-0.15, -0.1) is 0 Å². The lowest BCUT2D eigenvalue weighted by Crippen LogP contribution is -1.95. The number of aromatic nitrogens is 2. The van der Waals surface area contributed by atoms with Crippen LogP contribution in [0.5, 0.6) is 5.75 Å². The number of aryl methyl sites for hydroxylation is 2. The highest BCUT2D eigenvalue weighted by Gasteiger charge is 2.06. The van der Waals surface area contributed by atoms with E-state index in [4.69, 9.17) is 10.5 Å². The summed E-state index contributed by atoms with van der Waals surface area (Å²) in [6.45, 7) is 1.87. The van der Waals surface area contributed by atoms with Gasteiger partial charge in [-0.2, -0.15) is 5.10 Å². The fraction of sp³-hybridized carbons (Fsp3) is 0.214. The molecule has 1 heterocycles. The van der Waals surface area contributed by atoms with Gasteiger partial charge in [0.2, 0.25) is 0 Å². The topological polar surface area (TPSA) is 53.1 Å². The molecular formula is C14H15N3O. The van der Waals surface area contributed by atoms with Crippen molar-refractivity contribution in [3.05, 3.63) is 41.2 Å². The standard InChI is InChI=1S/C14H15N3O/c1-10-14(15)13(17(2)16-10)9-6-11-4-7-12(18-3)8-5-11/h4-5,7-8H,15H2,1-3H3. The van der Waals surface area contributed by atoms with E-state index in [-0.39, 0.29) is 0 Å². The minimum absolute atomic E-state index is 0.638. The third-order valence-electron chi connectivity index (χ3n) is 2.68. The molecule has 0 radical (unpaired) electrons. The Balaban J connectivity index is 2.30. The molecule has 2 N–H and O–H groups in total. The summed E-state index contributed by atoms with van der Waals surface area (Å²) in [5.41, 5.74) is 9.00. The lowest BCUT2D eigenvalue weighted by molar-refractivity contribution is 0.415. The van der Waals surface area contributed by atoms with Gasteiger partial charge in [0.05, 0.1) is 18.5 Å². The number of rotatable bonds is 1. The van der Waals surface area contributed by atoms with E-state index >= 15 is 0 Å². The summed E-state index contributed by atoms with van der Waals surface area (Å²) in [6, 6.07) is 7.57. The first-order valence-electron chi connectivity index (χ1n) is 5.57. The molecule has 2 rings (SSSR count). The summed E-state index contributed by atoms with van der Waals surface area (Å²) in [5.74, 6) is 6.92. The smallest absolute Gasteiger partial charge is 0.134 e. The number of methoxy groups -OCH3 is 1. The van der Waals surface area contributed by atoms with Crippen molar-refractivity contribution in [2.75, 3.05) is 12.8 Å². The SMILES string of the molecule is COc1ccc(C#Cc2c(N)c(C)nn2C)cc1. The first-order valence-corrected chi connectivity index (χ1v) is 5.57. The molecule has 1 aromatic carbocycles. The van der Waals surface area contributed by atoms with Gasteiger partial charge in [-0.3, -0.25) is 4.68 Å². The van der Waals surface area contributed by atoms with E-state index in [1.54, 1.807) is 11.8 Å². The van der Waals surface area contributed by atoms with E-state index in [0.717, 1.165) is 22.7 Å². The van der Waals surface area contributed by atoms with Crippen molar-refractivity contribution in [1.82, 2.24) is 9.78 Å². The average Bonchev–Trinajstić information content (AvgIpc) is 2.62. The van der Waals surface area contributed by atoms with E-state index in [1.807, 2.05) is 38.2 Å². The maximum absolute atomic E-state index is 5.91. The van der Waals surface area contributed by atoms with E-state index in [2.05, 4.69) is 16.9 Å². The largest absolute Gasteiger partial charge is 0.497 e. The van der Waals surface area contributed by atoms with E-state index in [0.29, 0.717) is 5.69 Å². The van der Waals surface area contributed by atoms with Crippen LogP contribution in [0.15, 0.2) is 24.3 Å². The number of nitrogens with zero attached hydrogens (tertiary/aromatic N) is 2. The molecule has 0 saturated carbocycles. The van der Waals surface area contributed by atoms with Crippen LogP contribution < -0.4 is 10.5 Å². The zero-order valence-corrected chi connectivity index (χ0v) is 10.7. The monoisotopic (exact) mass is 241 g/mol. The van der Waals surface area contributed by atoms with Gasteiger partial charge in [-0.05, 0) is 37.1 Å². The quantitative estimate of drug-likeness (QED) is 0.773. The lowest BCUT2D eigenvalue weighted by Gasteiger charge is -1.97. The maximum atomic E-state index is 5.91. The van der Waals surface area contributed by atoms with Crippen LogP contribution in [0.2, 0.25) is 0 Å². The predicted octanol–water partition coefficient (Wildman–Crippen LogP) is 1.72. The summed E-state index contributed by atoms with van der Waals surface area (Å²) in [7, 11) is 3.47. The summed E-state index contributed by atoms with van der Waals surface area (Å²) in [6.07, 6.45) is 0. The Labute approximate surface area is 106 Å². The van der Waals surface area contributed by atoms with Gasteiger partial charge in [0.15, 0.2) is 0 Å². The Kier molecular flexibility index (Phi) is 3.24. The van der Waals surface area contributed by atoms with Gasteiger partial charge in [-0.25, -0.2) is 0 Å². The maximum Gasteiger partial charge on any atom is 0.134 e. The van der Waals surface area contributed by atoms with Crippen molar-refractivity contribution in [3.63, 3.8) is 0 Å². The van der Waals surface area contributed by atoms with Crippen molar-refractivity contribution in [2.24, 2.45) is 7.05 Å². The molecule has 4 nitrogen and oxygen atoms in total. The molecule has 0 saturated heterocycles. The molecule has 0 fully saturated rings. The number of ether oxygens (including phenoxy) is 1. The molecule has 18 heavy (non-hydrogen) atoms. The van der Waals surface area contributed by atoms with Gasteiger partial charge in [0.1, 0.15) is 11.4 Å². The molecule has 0 unspecified atom stereocenters. The van der Waals surface area contributed by atoms with Gasteiger partial charge in [-0.1, -0.05) is 5.92 Å². The van der Waals surface area contributed by atoms with Crippen molar-refractivity contribution in [3.8, 4) is 17.6 Å². The summed E-state index contributed by atoms with van der Waals surface area (Å²) in [5, 5.41) is 4.22. The molecule has 0 aliphatic carbocycles. The zero-order valence-electron chi connectivity index (χ0n) is 10.7. The molecule has 1 aromatic heterocycles. The molecular weight excluding hydrogens is 226 g/mol. The Hall–Kier alpha value is -2.41. The fourth-order valence-corrected chi connectivity index (χ4v) is 1.63. The van der Waals surface area contributed by atoms with Crippen LogP contribution in [0.25, 0.3) is 0 Å². The molecule has 0 amide bonds. The molecule has 4 heteroatoms. The second kappa shape index (κ2) is 4.84. The normalized spacial score (nSPS) is 9.72. The van der Waals surface area contributed by atoms with Crippen LogP contribution in [-0.4, -0.2) is 16.9 Å². The Morgan fingerprint density at radius 1 is 1.22 bits per heavy atom. The second-order valence-corrected chi connectivity index (χ2v) is 3.95. The third-order valence-corrected chi connectivity index (χ3v) is 2.68. The van der Waals surface area contributed by atoms with Gasteiger partial charge < -0.3 is 10.5 Å². The van der Waals surface area contributed by atoms with Crippen molar-refractivity contribution in [1.29, 1.82) is 0 Å². The minimum atomic E-state index is 0.638. The summed E-state index contributed by atoms with van der Waals surface area (Å²) >= 11 is 0. The third kappa shape index (κ3) is 2.30. The number of benzene rings is 1. The second-order valence-electron chi connectivity index (χ2n) is 3.95. The Morgan fingerprint density at radius 2 is 1.89 bits per heavy atom. The highest BCUT2D eigenvalue weighted by Crippen LogP contribution is 2.14. The van der Waals surface area contributed by atoms with Crippen LogP contribution in [0.1, 0.15) is 17.0 Å². The average molecular weight is 241 g/mol. The fourth-order valence-electron chi connectivity index (χ4n) is 1.63. The van der Waals surface area contributed by atoms with E-state index < -0.39 is 0 Å². The molecule has 0 aliphatic heterocycles. The minimum Gasteiger partial charge on any atom is -0.497 e. The number of nitrogen functional groups attached to an aromatic ring is 1. The highest BCUT2D eigenvalue weighted by atomic mass is 16.5. The summed E-state index contributed by atoms with van der Waals surface area (Å²) < 4.78 is 6.79. The molecule has 0 aliphatic rings. The first kappa shape index (κ1) is 12.1. The van der Waals surface area contributed by atoms with Gasteiger partial charge in [0.25, 0.3) is 0 Å². The van der Waals surface area contributed by atoms with Crippen molar-refractivity contribution in [2.45, 2.75) is 6.92 Å². The highest BCUT2D eigenvalue weighted by molar-refractivity contribution is 5.57. The van der Waals surface area contributed by atoms with Crippen LogP contribution in [0.4, 0.5) is 5.69 Å². The van der Waals surface area contributed by atoms with Crippen molar-refractivity contribution < 1.29 is 4.74 Å². The van der Waals surface area contributed by atoms with Crippen LogP contribution in [0.3, 0.4) is 0 Å². The summed E-state index contributed by atoms with van der Waals surface area (Å²) in [4.78, 5) is 0. The van der Waals surface area contributed by atoms with Crippen LogP contribution in [-0.2, 0) is 7.05 Å². The lowest BCUT2D eigenvalue weighted by atomic mass is 10.2. The van der Waals surface area contributed by atoms with E-state index in [9.17, 15) is 0 Å². The van der Waals surface area contributed by atoms with Crippen LogP contribution >= 0.6 is 0 Å². The number of hydrogen-bond acceptors (Lipinski definition) is 3. The molecule has 2 aromatic rings. The molecule has 0 bridgehead atoms. The van der Waals surface area contributed by atoms with Gasteiger partial charge >= 0.3 is 0 Å². The Morgan fingerprint density at radius 3 is 2.39 bits per heavy atom. The first-order chi connectivity index (χ1) is 8.61. The number of anilines is 1. The number of hydrogen-bond donors (Lipinski definition) is 1. The Bertz CT molecular complexity index is 615. The number of nitrogens with two attached hydrogens (primary N) is 1. The molecule has 0 atom stereocenters. The van der Waals surface area contributed by atoms with Crippen LogP contribution in [0, 0.1) is 18.8 Å². The predicted molar refractivity (Wildman–Crippen MR) is 71.3 cm³/mol. The zero-order chi connectivity index (χ0) is 13.1. The molecule has 92 valence electrons. The van der Waals surface area contributed by atoms with Crippen molar-refractivity contribution >= 4 is 5.69 Å². The van der Waals surface area contributed by atoms with Gasteiger partial charge in [0, 0.05) is 12.6 Å². The van der Waals surface area contributed by atoms with E-state index in [1.165, 1.54) is 0 Å². The molecule has 0 spiro atoms.